The quantitative estimate of drug-likeness (QED) is 0.354. The number of rotatable bonds is 9. The molecule has 0 aromatic heterocycles. The second kappa shape index (κ2) is 12.0. The smallest absolute Gasteiger partial charge is 0.331 e. The number of carbonyl (C=O) groups excluding carboxylic acids is 4. The zero-order valence-electron chi connectivity index (χ0n) is 14.5. The van der Waals surface area contributed by atoms with Gasteiger partial charge in [0.05, 0.1) is 20.3 Å². The highest BCUT2D eigenvalue weighted by molar-refractivity contribution is 5.91. The average molecular weight is 354 g/mol. The molecule has 1 rings (SSSR count). The molecule has 8 nitrogen and oxygen atoms in total. The van der Waals surface area contributed by atoms with Gasteiger partial charge in [-0.05, 0) is 19.3 Å². The predicted molar refractivity (Wildman–Crippen MR) is 89.3 cm³/mol. The SMILES string of the molecule is COC(=O)/C=C/C(=O)OCCCNC(=O)CNC(=O)C1CCCCC1. The third kappa shape index (κ3) is 9.49. The van der Waals surface area contributed by atoms with E-state index in [1.165, 1.54) is 13.5 Å². The van der Waals surface area contributed by atoms with Crippen molar-refractivity contribution in [2.75, 3.05) is 26.8 Å². The standard InChI is InChI=1S/C17H26N2O6/c1-24-15(21)8-9-16(22)25-11-5-10-18-14(20)12-19-17(23)13-6-3-2-4-7-13/h8-9,13H,2-7,10-12H2,1H3,(H,18,20)(H,19,23)/b9-8+. The summed E-state index contributed by atoms with van der Waals surface area (Å²) in [6, 6.07) is 0. The number of ether oxygens (including phenoxy) is 2. The molecule has 0 spiro atoms. The zero-order valence-corrected chi connectivity index (χ0v) is 14.5. The van der Waals surface area contributed by atoms with E-state index in [0.29, 0.717) is 13.0 Å². The maximum absolute atomic E-state index is 11.9. The van der Waals surface area contributed by atoms with E-state index in [-0.39, 0.29) is 30.9 Å². The van der Waals surface area contributed by atoms with Crippen LogP contribution in [0.2, 0.25) is 0 Å². The molecule has 0 unspecified atom stereocenters. The van der Waals surface area contributed by atoms with Gasteiger partial charge in [-0.1, -0.05) is 19.3 Å². The van der Waals surface area contributed by atoms with Gasteiger partial charge in [0.2, 0.25) is 11.8 Å². The summed E-state index contributed by atoms with van der Waals surface area (Å²) in [5, 5.41) is 5.29. The van der Waals surface area contributed by atoms with Crippen LogP contribution < -0.4 is 10.6 Å². The molecule has 8 heteroatoms. The van der Waals surface area contributed by atoms with Gasteiger partial charge in [0.15, 0.2) is 0 Å². The van der Waals surface area contributed by atoms with Crippen LogP contribution in [-0.4, -0.2) is 50.6 Å². The van der Waals surface area contributed by atoms with Crippen molar-refractivity contribution >= 4 is 23.8 Å². The van der Waals surface area contributed by atoms with Crippen molar-refractivity contribution in [1.82, 2.24) is 10.6 Å². The molecular formula is C17H26N2O6. The van der Waals surface area contributed by atoms with Gasteiger partial charge >= 0.3 is 11.9 Å². The van der Waals surface area contributed by atoms with Gasteiger partial charge in [-0.2, -0.15) is 0 Å². The van der Waals surface area contributed by atoms with Gasteiger partial charge in [-0.3, -0.25) is 9.59 Å². The predicted octanol–water partition coefficient (Wildman–Crippen LogP) is 0.462. The van der Waals surface area contributed by atoms with Crippen LogP contribution in [0.3, 0.4) is 0 Å². The Hall–Kier alpha value is -2.38. The van der Waals surface area contributed by atoms with Gasteiger partial charge in [-0.25, -0.2) is 9.59 Å². The van der Waals surface area contributed by atoms with Gasteiger partial charge in [0, 0.05) is 24.6 Å². The maximum Gasteiger partial charge on any atom is 0.331 e. The average Bonchev–Trinajstić information content (AvgIpc) is 2.64. The molecule has 140 valence electrons. The van der Waals surface area contributed by atoms with E-state index in [1.54, 1.807) is 0 Å². The third-order valence-corrected chi connectivity index (χ3v) is 3.84. The monoisotopic (exact) mass is 354 g/mol. The highest BCUT2D eigenvalue weighted by Gasteiger charge is 2.21. The van der Waals surface area contributed by atoms with E-state index in [1.807, 2.05) is 0 Å². The number of carbonyl (C=O) groups is 4. The van der Waals surface area contributed by atoms with Crippen LogP contribution in [0.15, 0.2) is 12.2 Å². The van der Waals surface area contributed by atoms with Crippen molar-refractivity contribution in [3.63, 3.8) is 0 Å². The Balaban J connectivity index is 2.04. The molecule has 0 aromatic carbocycles. The summed E-state index contributed by atoms with van der Waals surface area (Å²) in [6.07, 6.45) is 7.47. The van der Waals surface area contributed by atoms with Crippen molar-refractivity contribution in [3.05, 3.63) is 12.2 Å². The maximum atomic E-state index is 11.9. The summed E-state index contributed by atoms with van der Waals surface area (Å²) >= 11 is 0. The second-order valence-corrected chi connectivity index (χ2v) is 5.78. The van der Waals surface area contributed by atoms with Crippen LogP contribution in [0.4, 0.5) is 0 Å². The molecule has 0 aliphatic heterocycles. The van der Waals surface area contributed by atoms with E-state index in [2.05, 4.69) is 15.4 Å². The van der Waals surface area contributed by atoms with E-state index in [4.69, 9.17) is 4.74 Å². The number of methoxy groups -OCH3 is 1. The van der Waals surface area contributed by atoms with Gasteiger partial charge in [0.25, 0.3) is 0 Å². The molecule has 2 amide bonds. The first-order chi connectivity index (χ1) is 12.0. The fourth-order valence-electron chi connectivity index (χ4n) is 2.46. The third-order valence-electron chi connectivity index (χ3n) is 3.84. The molecule has 0 atom stereocenters. The lowest BCUT2D eigenvalue weighted by atomic mass is 9.89. The summed E-state index contributed by atoms with van der Waals surface area (Å²) in [7, 11) is 1.21. The number of esters is 2. The largest absolute Gasteiger partial charge is 0.466 e. The molecule has 0 saturated heterocycles. The zero-order chi connectivity index (χ0) is 18.5. The molecule has 0 aromatic rings. The molecule has 2 N–H and O–H groups in total. The minimum atomic E-state index is -0.656. The van der Waals surface area contributed by atoms with Crippen LogP contribution in [0.5, 0.6) is 0 Å². The second-order valence-electron chi connectivity index (χ2n) is 5.78. The van der Waals surface area contributed by atoms with E-state index in [9.17, 15) is 19.2 Å². The first-order valence-corrected chi connectivity index (χ1v) is 8.50. The molecule has 0 radical (unpaired) electrons. The van der Waals surface area contributed by atoms with E-state index in [0.717, 1.165) is 37.8 Å². The van der Waals surface area contributed by atoms with E-state index < -0.39 is 11.9 Å². The van der Waals surface area contributed by atoms with Crippen LogP contribution in [0.25, 0.3) is 0 Å². The van der Waals surface area contributed by atoms with Crippen LogP contribution >= 0.6 is 0 Å². The van der Waals surface area contributed by atoms with Gasteiger partial charge < -0.3 is 20.1 Å². The first-order valence-electron chi connectivity index (χ1n) is 8.50. The molecule has 1 aliphatic rings. The highest BCUT2D eigenvalue weighted by atomic mass is 16.5. The first kappa shape index (κ1) is 20.7. The minimum Gasteiger partial charge on any atom is -0.466 e. The van der Waals surface area contributed by atoms with Gasteiger partial charge in [-0.15, -0.1) is 0 Å². The summed E-state index contributed by atoms with van der Waals surface area (Å²) in [4.78, 5) is 45.6. The number of hydrogen-bond donors (Lipinski definition) is 2. The molecule has 0 bridgehead atoms. The van der Waals surface area contributed by atoms with Crippen LogP contribution in [0, 0.1) is 5.92 Å². The molecule has 1 fully saturated rings. The Labute approximate surface area is 147 Å². The molecule has 0 heterocycles. The van der Waals surface area contributed by atoms with Crippen LogP contribution in [0.1, 0.15) is 38.5 Å². The Kier molecular flexibility index (Phi) is 9.96. The lowest BCUT2D eigenvalue weighted by Gasteiger charge is -2.20. The molecular weight excluding hydrogens is 328 g/mol. The summed E-state index contributed by atoms with van der Waals surface area (Å²) in [5.74, 6) is -1.60. The van der Waals surface area contributed by atoms with Crippen molar-refractivity contribution < 1.29 is 28.7 Å². The van der Waals surface area contributed by atoms with Crippen LogP contribution in [-0.2, 0) is 28.7 Å². The molecule has 1 aliphatic carbocycles. The fraction of sp³-hybridized carbons (Fsp3) is 0.647. The Morgan fingerprint density at radius 3 is 2.36 bits per heavy atom. The molecule has 25 heavy (non-hydrogen) atoms. The van der Waals surface area contributed by atoms with E-state index >= 15 is 0 Å². The van der Waals surface area contributed by atoms with Crippen molar-refractivity contribution in [3.8, 4) is 0 Å². The lowest BCUT2D eigenvalue weighted by molar-refractivity contribution is -0.139. The number of hydrogen-bond acceptors (Lipinski definition) is 6. The Morgan fingerprint density at radius 2 is 1.68 bits per heavy atom. The normalized spacial score (nSPS) is 14.8. The lowest BCUT2D eigenvalue weighted by Crippen LogP contribution is -2.40. The molecule has 1 saturated carbocycles. The highest BCUT2D eigenvalue weighted by Crippen LogP contribution is 2.23. The van der Waals surface area contributed by atoms with Crippen molar-refractivity contribution in [2.45, 2.75) is 38.5 Å². The van der Waals surface area contributed by atoms with Crippen molar-refractivity contribution in [1.29, 1.82) is 0 Å². The summed E-state index contributed by atoms with van der Waals surface area (Å²) in [6.45, 7) is 0.391. The Bertz CT molecular complexity index is 497. The van der Waals surface area contributed by atoms with Gasteiger partial charge in [0.1, 0.15) is 0 Å². The minimum absolute atomic E-state index is 0.0269. The van der Waals surface area contributed by atoms with Crippen molar-refractivity contribution in [2.24, 2.45) is 5.92 Å². The number of nitrogens with one attached hydrogen (secondary N) is 2. The fourth-order valence-corrected chi connectivity index (χ4v) is 2.46. The Morgan fingerprint density at radius 1 is 1.00 bits per heavy atom. The summed E-state index contributed by atoms with van der Waals surface area (Å²) < 4.78 is 9.18. The summed E-state index contributed by atoms with van der Waals surface area (Å²) in [5.41, 5.74) is 0. The number of amides is 2. The topological polar surface area (TPSA) is 111 Å².